The molecule has 20 heavy (non-hydrogen) atoms. The Morgan fingerprint density at radius 1 is 1.60 bits per heavy atom. The number of methoxy groups -OCH3 is 1. The van der Waals surface area contributed by atoms with Gasteiger partial charge in [-0.25, -0.2) is 4.79 Å². The molecule has 2 heterocycles. The molecule has 0 radical (unpaired) electrons. The summed E-state index contributed by atoms with van der Waals surface area (Å²) >= 11 is 10.2. The molecule has 0 aliphatic carbocycles. The molecule has 0 fully saturated rings. The molecule has 0 saturated heterocycles. The minimum atomic E-state index is -0.328. The number of ether oxygens (including phenoxy) is 1. The van der Waals surface area contributed by atoms with Crippen LogP contribution in [-0.4, -0.2) is 18.2 Å². The summed E-state index contributed by atoms with van der Waals surface area (Å²) in [6.07, 6.45) is 1.68. The smallest absolute Gasteiger partial charge is 0.338 e. The number of hydrogen-bond acceptors (Lipinski definition) is 4. The number of hydrogen-bond donors (Lipinski definition) is 2. The second-order valence-corrected chi connectivity index (χ2v) is 6.60. The molecule has 0 amide bonds. The third-order valence-electron chi connectivity index (χ3n) is 2.93. The van der Waals surface area contributed by atoms with Crippen molar-refractivity contribution in [3.05, 3.63) is 32.1 Å². The lowest BCUT2D eigenvalue weighted by Crippen LogP contribution is -2.45. The molecule has 2 rings (SSSR count). The monoisotopic (exact) mass is 374 g/mol. The van der Waals surface area contributed by atoms with Crippen LogP contribution < -0.4 is 10.6 Å². The maximum Gasteiger partial charge on any atom is 0.338 e. The fourth-order valence-electron chi connectivity index (χ4n) is 2.11. The fraction of sp³-hybridized carbons (Fsp3) is 0.385. The third-order valence-corrected chi connectivity index (χ3v) is 4.91. The zero-order valence-corrected chi connectivity index (χ0v) is 14.4. The van der Waals surface area contributed by atoms with Crippen LogP contribution in [0.15, 0.2) is 27.2 Å². The van der Waals surface area contributed by atoms with E-state index in [1.54, 1.807) is 11.3 Å². The lowest BCUT2D eigenvalue weighted by molar-refractivity contribution is -0.136. The Morgan fingerprint density at radius 2 is 2.35 bits per heavy atom. The highest BCUT2D eigenvalue weighted by atomic mass is 79.9. The van der Waals surface area contributed by atoms with Crippen molar-refractivity contribution in [2.24, 2.45) is 0 Å². The Morgan fingerprint density at radius 3 is 2.90 bits per heavy atom. The van der Waals surface area contributed by atoms with Gasteiger partial charge in [0.1, 0.15) is 0 Å². The van der Waals surface area contributed by atoms with Crippen molar-refractivity contribution >= 4 is 50.6 Å². The quantitative estimate of drug-likeness (QED) is 0.625. The number of halogens is 1. The van der Waals surface area contributed by atoms with Crippen molar-refractivity contribution < 1.29 is 9.53 Å². The average Bonchev–Trinajstić information content (AvgIpc) is 2.84. The predicted octanol–water partition coefficient (Wildman–Crippen LogP) is 3.26. The Labute approximate surface area is 135 Å². The molecule has 0 saturated carbocycles. The predicted molar refractivity (Wildman–Crippen MR) is 87.6 cm³/mol. The van der Waals surface area contributed by atoms with E-state index in [2.05, 4.69) is 33.5 Å². The van der Waals surface area contributed by atoms with Gasteiger partial charge in [0, 0.05) is 20.4 Å². The molecule has 1 aliphatic heterocycles. The highest BCUT2D eigenvalue weighted by Gasteiger charge is 2.32. The van der Waals surface area contributed by atoms with E-state index in [0.717, 1.165) is 27.9 Å². The van der Waals surface area contributed by atoms with Crippen LogP contribution in [0.4, 0.5) is 0 Å². The van der Waals surface area contributed by atoms with Crippen LogP contribution >= 0.6 is 39.5 Å². The molecule has 0 bridgehead atoms. The molecule has 108 valence electrons. The SMILES string of the molecule is CCCC1=C(C(=O)OC)[C@H](c2cc(Br)cs2)NC(=S)N1. The van der Waals surface area contributed by atoms with Crippen molar-refractivity contribution in [3.8, 4) is 0 Å². The van der Waals surface area contributed by atoms with Crippen LogP contribution in [0.2, 0.25) is 0 Å². The minimum absolute atomic E-state index is 0.256. The lowest BCUT2D eigenvalue weighted by Gasteiger charge is -2.30. The molecule has 1 aromatic rings. The van der Waals surface area contributed by atoms with Crippen LogP contribution in [0, 0.1) is 0 Å². The number of thiophene rings is 1. The number of carbonyl (C=O) groups is 1. The number of esters is 1. The van der Waals surface area contributed by atoms with Crippen LogP contribution in [0.3, 0.4) is 0 Å². The maximum atomic E-state index is 12.1. The summed E-state index contributed by atoms with van der Waals surface area (Å²) in [5.74, 6) is -0.328. The van der Waals surface area contributed by atoms with Gasteiger partial charge in [0.25, 0.3) is 0 Å². The highest BCUT2D eigenvalue weighted by Crippen LogP contribution is 2.34. The van der Waals surface area contributed by atoms with Gasteiger partial charge >= 0.3 is 5.97 Å². The Balaban J connectivity index is 2.48. The average molecular weight is 375 g/mol. The van der Waals surface area contributed by atoms with E-state index in [9.17, 15) is 4.79 Å². The first kappa shape index (κ1) is 15.5. The van der Waals surface area contributed by atoms with Gasteiger partial charge in [-0.05, 0) is 40.6 Å². The van der Waals surface area contributed by atoms with Crippen LogP contribution in [-0.2, 0) is 9.53 Å². The molecular formula is C13H15BrN2O2S2. The Hall–Kier alpha value is -0.920. The van der Waals surface area contributed by atoms with Gasteiger partial charge in [-0.2, -0.15) is 0 Å². The zero-order valence-electron chi connectivity index (χ0n) is 11.2. The standard InChI is InChI=1S/C13H15BrN2O2S2/c1-3-4-8-10(12(17)18-2)11(16-13(19)15-8)9-5-7(14)6-20-9/h5-6,11H,3-4H2,1-2H3,(H2,15,16,19)/t11-/m0/s1. The molecule has 7 heteroatoms. The zero-order chi connectivity index (χ0) is 14.7. The van der Waals surface area contributed by atoms with Gasteiger partial charge in [0.15, 0.2) is 5.11 Å². The summed E-state index contributed by atoms with van der Waals surface area (Å²) in [7, 11) is 1.40. The van der Waals surface area contributed by atoms with E-state index in [4.69, 9.17) is 17.0 Å². The second-order valence-electron chi connectivity index (χ2n) is 4.33. The topological polar surface area (TPSA) is 50.4 Å². The number of carbonyl (C=O) groups excluding carboxylic acids is 1. The number of allylic oxidation sites excluding steroid dienone is 1. The molecule has 4 nitrogen and oxygen atoms in total. The van der Waals surface area contributed by atoms with E-state index < -0.39 is 0 Å². The van der Waals surface area contributed by atoms with Crippen molar-refractivity contribution in [3.63, 3.8) is 0 Å². The maximum absolute atomic E-state index is 12.1. The first-order valence-corrected chi connectivity index (χ1v) is 8.27. The number of nitrogens with one attached hydrogen (secondary N) is 2. The van der Waals surface area contributed by atoms with Crippen LogP contribution in [0.25, 0.3) is 0 Å². The number of thiocarbonyl (C=S) groups is 1. The Bertz CT molecular complexity index is 568. The summed E-state index contributed by atoms with van der Waals surface area (Å²) in [6, 6.07) is 1.73. The molecule has 2 N–H and O–H groups in total. The van der Waals surface area contributed by atoms with E-state index in [-0.39, 0.29) is 12.0 Å². The highest BCUT2D eigenvalue weighted by molar-refractivity contribution is 9.10. The molecule has 1 atom stereocenters. The normalized spacial score (nSPS) is 18.6. The molecule has 0 spiro atoms. The van der Waals surface area contributed by atoms with Gasteiger partial charge < -0.3 is 15.4 Å². The largest absolute Gasteiger partial charge is 0.466 e. The van der Waals surface area contributed by atoms with Crippen molar-refractivity contribution in [2.45, 2.75) is 25.8 Å². The molecule has 0 unspecified atom stereocenters. The summed E-state index contributed by atoms with van der Waals surface area (Å²) in [4.78, 5) is 13.2. The first-order valence-electron chi connectivity index (χ1n) is 6.19. The van der Waals surface area contributed by atoms with Gasteiger partial charge in [0.05, 0.1) is 18.7 Å². The van der Waals surface area contributed by atoms with Gasteiger partial charge in [-0.15, -0.1) is 11.3 Å². The van der Waals surface area contributed by atoms with E-state index >= 15 is 0 Å². The molecule has 0 aromatic carbocycles. The van der Waals surface area contributed by atoms with Crippen molar-refractivity contribution in [2.75, 3.05) is 7.11 Å². The fourth-order valence-corrected chi connectivity index (χ4v) is 3.85. The van der Waals surface area contributed by atoms with E-state index in [1.807, 2.05) is 11.4 Å². The van der Waals surface area contributed by atoms with Gasteiger partial charge in [-0.3, -0.25) is 0 Å². The molecule has 1 aromatic heterocycles. The lowest BCUT2D eigenvalue weighted by atomic mass is 9.99. The summed E-state index contributed by atoms with van der Waals surface area (Å²) in [5.41, 5.74) is 1.45. The Kier molecular flexibility index (Phi) is 5.17. The van der Waals surface area contributed by atoms with E-state index in [1.165, 1.54) is 7.11 Å². The van der Waals surface area contributed by atoms with Gasteiger partial charge in [-0.1, -0.05) is 13.3 Å². The van der Waals surface area contributed by atoms with Crippen molar-refractivity contribution in [1.29, 1.82) is 0 Å². The summed E-state index contributed by atoms with van der Waals surface area (Å²) < 4.78 is 5.92. The third kappa shape index (κ3) is 3.21. The molecule has 1 aliphatic rings. The molecular weight excluding hydrogens is 360 g/mol. The van der Waals surface area contributed by atoms with Crippen molar-refractivity contribution in [1.82, 2.24) is 10.6 Å². The first-order chi connectivity index (χ1) is 9.56. The van der Waals surface area contributed by atoms with Crippen LogP contribution in [0.1, 0.15) is 30.7 Å². The van der Waals surface area contributed by atoms with Gasteiger partial charge in [0.2, 0.25) is 0 Å². The summed E-state index contributed by atoms with van der Waals surface area (Å²) in [5, 5.41) is 8.75. The summed E-state index contributed by atoms with van der Waals surface area (Å²) in [6.45, 7) is 2.06. The minimum Gasteiger partial charge on any atom is -0.466 e. The van der Waals surface area contributed by atoms with E-state index in [0.29, 0.717) is 10.7 Å². The number of rotatable bonds is 4. The van der Waals surface area contributed by atoms with Crippen LogP contribution in [0.5, 0.6) is 0 Å². The second kappa shape index (κ2) is 6.69.